The molecule has 0 atom stereocenters. The summed E-state index contributed by atoms with van der Waals surface area (Å²) in [6.07, 6.45) is 12.2. The molecule has 0 aromatic carbocycles. The molecular weight excluding hydrogens is 424 g/mol. The van der Waals surface area contributed by atoms with Gasteiger partial charge in [0.05, 0.1) is 18.3 Å². The number of unbranched alkanes of at least 4 members (excludes halogenated alkanes) is 3. The summed E-state index contributed by atoms with van der Waals surface area (Å²) in [6, 6.07) is 0. The Labute approximate surface area is 186 Å². The number of esters is 1. The zero-order valence-corrected chi connectivity index (χ0v) is 20.1. The third-order valence-corrected chi connectivity index (χ3v) is 7.85. The maximum absolute atomic E-state index is 11.9. The Kier molecular flexibility index (Phi) is 11.1. The van der Waals surface area contributed by atoms with Gasteiger partial charge in [0.25, 0.3) is 0 Å². The van der Waals surface area contributed by atoms with Gasteiger partial charge in [0.15, 0.2) is 8.68 Å². The zero-order chi connectivity index (χ0) is 21.0. The first-order valence-electron chi connectivity index (χ1n) is 10.2. The summed E-state index contributed by atoms with van der Waals surface area (Å²) in [5, 5.41) is 8.58. The molecular formula is C20H32N4O2S3. The number of aromatic nitrogens is 4. The molecule has 9 heteroatoms. The van der Waals surface area contributed by atoms with Crippen molar-refractivity contribution in [3.8, 4) is 0 Å². The Balaban J connectivity index is 1.51. The number of hydrogen-bond acceptors (Lipinski definition) is 8. The highest BCUT2D eigenvalue weighted by Crippen LogP contribution is 2.31. The van der Waals surface area contributed by atoms with Crippen LogP contribution in [-0.2, 0) is 16.1 Å². The smallest absolute Gasteiger partial charge is 0.311 e. The summed E-state index contributed by atoms with van der Waals surface area (Å²) >= 11 is 5.26. The maximum Gasteiger partial charge on any atom is 0.311 e. The van der Waals surface area contributed by atoms with Crippen LogP contribution in [0.1, 0.15) is 59.3 Å². The van der Waals surface area contributed by atoms with Crippen LogP contribution in [0.4, 0.5) is 0 Å². The van der Waals surface area contributed by atoms with Crippen molar-refractivity contribution in [1.82, 2.24) is 19.7 Å². The van der Waals surface area contributed by atoms with Crippen LogP contribution < -0.4 is 0 Å². The van der Waals surface area contributed by atoms with Gasteiger partial charge < -0.3 is 9.30 Å². The van der Waals surface area contributed by atoms with Gasteiger partial charge in [0.1, 0.15) is 0 Å². The Morgan fingerprint density at radius 3 is 2.41 bits per heavy atom. The minimum absolute atomic E-state index is 0.0971. The van der Waals surface area contributed by atoms with Crippen LogP contribution in [0.15, 0.2) is 27.4 Å². The largest absolute Gasteiger partial charge is 0.466 e. The minimum Gasteiger partial charge on any atom is -0.466 e. The molecule has 29 heavy (non-hydrogen) atoms. The van der Waals surface area contributed by atoms with Crippen LogP contribution >= 0.6 is 34.9 Å². The van der Waals surface area contributed by atoms with Gasteiger partial charge in [-0.1, -0.05) is 47.7 Å². The summed E-state index contributed by atoms with van der Waals surface area (Å²) in [4.78, 5) is 16.0. The standard InChI is InChI=1S/C20H32N4O2S3/c1-4-26-17(25)20(2,3)10-6-9-15-28-19-23-22-18(29-19)27-14-8-5-7-12-24-13-11-21-16-24/h11,13,16H,4-10,12,14-15H2,1-3H3. The number of thioether (sulfide) groups is 2. The summed E-state index contributed by atoms with van der Waals surface area (Å²) in [6.45, 7) is 7.26. The first kappa shape index (κ1) is 24.2. The van der Waals surface area contributed by atoms with E-state index in [1.165, 1.54) is 19.3 Å². The summed E-state index contributed by atoms with van der Waals surface area (Å²) in [5.74, 6) is 2.00. The average Bonchev–Trinajstić information content (AvgIpc) is 3.36. The molecule has 0 aliphatic heterocycles. The molecule has 0 saturated heterocycles. The third kappa shape index (κ3) is 9.53. The van der Waals surface area contributed by atoms with Gasteiger partial charge in [0, 0.05) is 30.4 Å². The van der Waals surface area contributed by atoms with E-state index in [9.17, 15) is 4.79 Å². The van der Waals surface area contributed by atoms with Gasteiger partial charge in [-0.3, -0.25) is 4.79 Å². The molecule has 0 spiro atoms. The normalized spacial score (nSPS) is 11.7. The van der Waals surface area contributed by atoms with Crippen molar-refractivity contribution in [3.05, 3.63) is 18.7 Å². The number of rotatable bonds is 15. The SMILES string of the molecule is CCOC(=O)C(C)(C)CCCCSc1nnc(SCCCCCn2ccnc2)s1. The number of aryl methyl sites for hydroxylation is 1. The molecule has 0 amide bonds. The molecule has 6 nitrogen and oxygen atoms in total. The molecule has 0 bridgehead atoms. The number of nitrogens with zero attached hydrogens (tertiary/aromatic N) is 4. The van der Waals surface area contributed by atoms with Crippen LogP contribution in [0.2, 0.25) is 0 Å². The fourth-order valence-corrected chi connectivity index (χ4v) is 5.88. The molecule has 0 aliphatic carbocycles. The molecule has 2 aromatic heterocycles. The van der Waals surface area contributed by atoms with Crippen molar-refractivity contribution in [2.24, 2.45) is 5.41 Å². The molecule has 0 fully saturated rings. The molecule has 0 saturated carbocycles. The highest BCUT2D eigenvalue weighted by molar-refractivity contribution is 8.03. The quantitative estimate of drug-likeness (QED) is 0.198. The summed E-state index contributed by atoms with van der Waals surface area (Å²) in [7, 11) is 0. The van der Waals surface area contributed by atoms with Gasteiger partial charge in [-0.2, -0.15) is 0 Å². The van der Waals surface area contributed by atoms with Gasteiger partial charge in [-0.25, -0.2) is 4.98 Å². The number of hydrogen-bond donors (Lipinski definition) is 0. The van der Waals surface area contributed by atoms with Gasteiger partial charge in [-0.05, 0) is 46.5 Å². The van der Waals surface area contributed by atoms with Crippen molar-refractivity contribution in [3.63, 3.8) is 0 Å². The van der Waals surface area contributed by atoms with Crippen LogP contribution in [0.3, 0.4) is 0 Å². The number of carbonyl (C=O) groups is 1. The predicted octanol–water partition coefficient (Wildman–Crippen LogP) is 5.55. The van der Waals surface area contributed by atoms with Crippen molar-refractivity contribution < 1.29 is 9.53 Å². The van der Waals surface area contributed by atoms with Crippen molar-refractivity contribution in [1.29, 1.82) is 0 Å². The van der Waals surface area contributed by atoms with E-state index in [-0.39, 0.29) is 5.97 Å². The Bertz CT molecular complexity index is 704. The van der Waals surface area contributed by atoms with Crippen molar-refractivity contribution >= 4 is 40.8 Å². The molecule has 2 rings (SSSR count). The van der Waals surface area contributed by atoms with Gasteiger partial charge in [-0.15, -0.1) is 10.2 Å². The molecule has 2 heterocycles. The monoisotopic (exact) mass is 456 g/mol. The van der Waals surface area contributed by atoms with E-state index in [2.05, 4.69) is 19.7 Å². The lowest BCUT2D eigenvalue weighted by atomic mass is 9.87. The second-order valence-corrected chi connectivity index (χ2v) is 11.1. The lowest BCUT2D eigenvalue weighted by Gasteiger charge is -2.21. The topological polar surface area (TPSA) is 69.9 Å². The minimum atomic E-state index is -0.397. The predicted molar refractivity (Wildman–Crippen MR) is 122 cm³/mol. The lowest BCUT2D eigenvalue weighted by molar-refractivity contribution is -0.153. The Hall–Kier alpha value is -1.06. The van der Waals surface area contributed by atoms with E-state index in [0.29, 0.717) is 6.61 Å². The zero-order valence-electron chi connectivity index (χ0n) is 17.6. The number of ether oxygens (including phenoxy) is 1. The maximum atomic E-state index is 11.9. The van der Waals surface area contributed by atoms with Gasteiger partial charge in [0.2, 0.25) is 0 Å². The fourth-order valence-electron chi connectivity index (χ4n) is 2.72. The van der Waals surface area contributed by atoms with Crippen LogP contribution in [0.5, 0.6) is 0 Å². The van der Waals surface area contributed by atoms with Gasteiger partial charge >= 0.3 is 5.97 Å². The molecule has 162 valence electrons. The molecule has 0 unspecified atom stereocenters. The molecule has 2 aromatic rings. The van der Waals surface area contributed by atoms with E-state index in [1.807, 2.05) is 39.5 Å². The highest BCUT2D eigenvalue weighted by Gasteiger charge is 2.28. The Morgan fingerprint density at radius 1 is 1.10 bits per heavy atom. The Morgan fingerprint density at radius 2 is 1.79 bits per heavy atom. The molecule has 0 aliphatic rings. The first-order valence-corrected chi connectivity index (χ1v) is 13.0. The molecule has 0 N–H and O–H groups in total. The van der Waals surface area contributed by atoms with E-state index in [4.69, 9.17) is 4.74 Å². The van der Waals surface area contributed by atoms with E-state index in [0.717, 1.165) is 46.0 Å². The molecule has 0 radical (unpaired) electrons. The third-order valence-electron chi connectivity index (χ3n) is 4.48. The first-order chi connectivity index (χ1) is 14.0. The summed E-state index contributed by atoms with van der Waals surface area (Å²) in [5.41, 5.74) is -0.397. The second kappa shape index (κ2) is 13.3. The van der Waals surface area contributed by atoms with Crippen LogP contribution in [-0.4, -0.2) is 43.8 Å². The fraction of sp³-hybridized carbons (Fsp3) is 0.700. The van der Waals surface area contributed by atoms with E-state index >= 15 is 0 Å². The second-order valence-electron chi connectivity index (χ2n) is 7.45. The van der Waals surface area contributed by atoms with E-state index in [1.54, 1.807) is 34.9 Å². The average molecular weight is 457 g/mol. The highest BCUT2D eigenvalue weighted by atomic mass is 32.2. The van der Waals surface area contributed by atoms with Crippen LogP contribution in [0, 0.1) is 5.41 Å². The lowest BCUT2D eigenvalue weighted by Crippen LogP contribution is -2.26. The van der Waals surface area contributed by atoms with Crippen molar-refractivity contribution in [2.45, 2.75) is 74.5 Å². The van der Waals surface area contributed by atoms with E-state index < -0.39 is 5.41 Å². The van der Waals surface area contributed by atoms with Crippen LogP contribution in [0.25, 0.3) is 0 Å². The summed E-state index contributed by atoms with van der Waals surface area (Å²) < 4.78 is 9.36. The number of imidazole rings is 1. The number of carbonyl (C=O) groups excluding carboxylic acids is 1. The van der Waals surface area contributed by atoms with Crippen molar-refractivity contribution in [2.75, 3.05) is 18.1 Å².